The number of nitrogens with zero attached hydrogens (tertiary/aromatic N) is 2. The third-order valence-electron chi connectivity index (χ3n) is 2.33. The predicted octanol–water partition coefficient (Wildman–Crippen LogP) is 0.986. The highest BCUT2D eigenvalue weighted by Gasteiger charge is 2.08. The molecule has 1 aromatic rings. The summed E-state index contributed by atoms with van der Waals surface area (Å²) in [5.41, 5.74) is 6.69. The summed E-state index contributed by atoms with van der Waals surface area (Å²) in [6.07, 6.45) is 3.48. The molecule has 0 saturated heterocycles. The maximum Gasteiger partial charge on any atom is 0.307 e. The first kappa shape index (κ1) is 13.2. The van der Waals surface area contributed by atoms with Crippen molar-refractivity contribution in [2.75, 3.05) is 24.7 Å². The third-order valence-corrected chi connectivity index (χ3v) is 2.33. The van der Waals surface area contributed by atoms with Gasteiger partial charge in [0.1, 0.15) is 18.0 Å². The molecule has 0 spiro atoms. The van der Waals surface area contributed by atoms with Crippen LogP contribution in [0.4, 0.5) is 11.6 Å². The SMILES string of the molecule is CCCc1c(N)ncnc1NCCC(=O)OC. The topological polar surface area (TPSA) is 90.1 Å². The molecule has 17 heavy (non-hydrogen) atoms. The van der Waals surface area contributed by atoms with E-state index in [2.05, 4.69) is 26.9 Å². The molecule has 0 fully saturated rings. The summed E-state index contributed by atoms with van der Waals surface area (Å²) in [4.78, 5) is 19.0. The van der Waals surface area contributed by atoms with Crippen molar-refractivity contribution in [3.8, 4) is 0 Å². The molecule has 3 N–H and O–H groups in total. The fourth-order valence-corrected chi connectivity index (χ4v) is 1.46. The van der Waals surface area contributed by atoms with E-state index in [1.54, 1.807) is 0 Å². The minimum atomic E-state index is -0.253. The summed E-state index contributed by atoms with van der Waals surface area (Å²) in [7, 11) is 1.37. The maximum atomic E-state index is 11.0. The second-order valence-electron chi connectivity index (χ2n) is 3.59. The Hall–Kier alpha value is -1.85. The van der Waals surface area contributed by atoms with Gasteiger partial charge in [-0.15, -0.1) is 0 Å². The van der Waals surface area contributed by atoms with Crippen LogP contribution in [0.25, 0.3) is 0 Å². The van der Waals surface area contributed by atoms with Gasteiger partial charge in [0, 0.05) is 12.1 Å². The van der Waals surface area contributed by atoms with Gasteiger partial charge in [-0.25, -0.2) is 9.97 Å². The summed E-state index contributed by atoms with van der Waals surface area (Å²) in [5.74, 6) is 0.933. The number of methoxy groups -OCH3 is 1. The van der Waals surface area contributed by atoms with Gasteiger partial charge in [0.05, 0.1) is 13.5 Å². The van der Waals surface area contributed by atoms with Crippen LogP contribution in [0.15, 0.2) is 6.33 Å². The zero-order chi connectivity index (χ0) is 12.7. The molecular weight excluding hydrogens is 220 g/mol. The van der Waals surface area contributed by atoms with Crippen molar-refractivity contribution >= 4 is 17.6 Å². The van der Waals surface area contributed by atoms with Gasteiger partial charge in [-0.1, -0.05) is 13.3 Å². The van der Waals surface area contributed by atoms with Gasteiger partial charge < -0.3 is 15.8 Å². The summed E-state index contributed by atoms with van der Waals surface area (Å²) in [5, 5.41) is 3.07. The highest BCUT2D eigenvalue weighted by molar-refractivity contribution is 5.70. The van der Waals surface area contributed by atoms with E-state index in [1.807, 2.05) is 0 Å². The average Bonchev–Trinajstić information content (AvgIpc) is 2.33. The normalized spacial score (nSPS) is 10.0. The number of nitrogen functional groups attached to an aromatic ring is 1. The van der Waals surface area contributed by atoms with Crippen LogP contribution in [0.3, 0.4) is 0 Å². The molecule has 0 amide bonds. The Morgan fingerprint density at radius 2 is 2.29 bits per heavy atom. The zero-order valence-corrected chi connectivity index (χ0v) is 10.2. The van der Waals surface area contributed by atoms with Gasteiger partial charge in [-0.3, -0.25) is 4.79 Å². The Labute approximate surface area is 101 Å². The molecule has 0 aromatic carbocycles. The van der Waals surface area contributed by atoms with E-state index in [-0.39, 0.29) is 5.97 Å². The molecule has 0 aliphatic carbocycles. The summed E-state index contributed by atoms with van der Waals surface area (Å²) < 4.78 is 4.55. The average molecular weight is 238 g/mol. The number of aromatic nitrogens is 2. The lowest BCUT2D eigenvalue weighted by molar-refractivity contribution is -0.140. The van der Waals surface area contributed by atoms with Gasteiger partial charge in [0.15, 0.2) is 0 Å². The van der Waals surface area contributed by atoms with E-state index in [9.17, 15) is 4.79 Å². The molecule has 94 valence electrons. The van der Waals surface area contributed by atoms with Crippen molar-refractivity contribution < 1.29 is 9.53 Å². The Morgan fingerprint density at radius 1 is 1.53 bits per heavy atom. The summed E-state index contributed by atoms with van der Waals surface area (Å²) >= 11 is 0. The van der Waals surface area contributed by atoms with Gasteiger partial charge in [0.2, 0.25) is 0 Å². The van der Waals surface area contributed by atoms with E-state index in [0.29, 0.717) is 24.6 Å². The number of nitrogens with two attached hydrogens (primary N) is 1. The third kappa shape index (κ3) is 3.90. The minimum absolute atomic E-state index is 0.253. The van der Waals surface area contributed by atoms with Crippen LogP contribution in [0, 0.1) is 0 Å². The van der Waals surface area contributed by atoms with Crippen molar-refractivity contribution in [2.24, 2.45) is 0 Å². The highest BCUT2D eigenvalue weighted by Crippen LogP contribution is 2.18. The number of esters is 1. The van der Waals surface area contributed by atoms with Gasteiger partial charge in [0.25, 0.3) is 0 Å². The minimum Gasteiger partial charge on any atom is -0.469 e. The number of carbonyl (C=O) groups is 1. The molecule has 1 heterocycles. The van der Waals surface area contributed by atoms with E-state index >= 15 is 0 Å². The number of anilines is 2. The summed E-state index contributed by atoms with van der Waals surface area (Å²) in [6, 6.07) is 0. The van der Waals surface area contributed by atoms with Gasteiger partial charge >= 0.3 is 5.97 Å². The van der Waals surface area contributed by atoms with Gasteiger partial charge in [-0.2, -0.15) is 0 Å². The van der Waals surface area contributed by atoms with Crippen molar-refractivity contribution in [1.82, 2.24) is 9.97 Å². The first-order valence-electron chi connectivity index (χ1n) is 5.59. The number of hydrogen-bond acceptors (Lipinski definition) is 6. The van der Waals surface area contributed by atoms with Crippen LogP contribution in [0.5, 0.6) is 0 Å². The molecule has 6 nitrogen and oxygen atoms in total. The van der Waals surface area contributed by atoms with Crippen molar-refractivity contribution in [2.45, 2.75) is 26.2 Å². The molecule has 1 rings (SSSR count). The van der Waals surface area contributed by atoms with Crippen LogP contribution in [0.1, 0.15) is 25.3 Å². The largest absolute Gasteiger partial charge is 0.469 e. The lowest BCUT2D eigenvalue weighted by Gasteiger charge is -2.11. The maximum absolute atomic E-state index is 11.0. The Morgan fingerprint density at radius 3 is 2.94 bits per heavy atom. The van der Waals surface area contributed by atoms with Crippen molar-refractivity contribution in [1.29, 1.82) is 0 Å². The van der Waals surface area contributed by atoms with Crippen molar-refractivity contribution in [3.05, 3.63) is 11.9 Å². The standard InChI is InChI=1S/C11H18N4O2/c1-3-4-8-10(12)14-7-15-11(8)13-6-5-9(16)17-2/h7H,3-6H2,1-2H3,(H3,12,13,14,15). The van der Waals surface area contributed by atoms with E-state index in [0.717, 1.165) is 18.4 Å². The number of nitrogens with one attached hydrogen (secondary N) is 1. The summed E-state index contributed by atoms with van der Waals surface area (Å²) in [6.45, 7) is 2.53. The van der Waals surface area contributed by atoms with Crippen LogP contribution in [0.2, 0.25) is 0 Å². The molecule has 0 aliphatic rings. The first-order chi connectivity index (χ1) is 8.19. The zero-order valence-electron chi connectivity index (χ0n) is 10.2. The number of ether oxygens (including phenoxy) is 1. The first-order valence-corrected chi connectivity index (χ1v) is 5.59. The second kappa shape index (κ2) is 6.67. The van der Waals surface area contributed by atoms with Crippen LogP contribution >= 0.6 is 0 Å². The molecule has 0 saturated carbocycles. The Balaban J connectivity index is 2.63. The number of hydrogen-bond donors (Lipinski definition) is 2. The molecule has 0 atom stereocenters. The van der Waals surface area contributed by atoms with E-state index in [4.69, 9.17) is 5.73 Å². The van der Waals surface area contributed by atoms with E-state index in [1.165, 1.54) is 13.4 Å². The lowest BCUT2D eigenvalue weighted by Crippen LogP contribution is -2.13. The van der Waals surface area contributed by atoms with Gasteiger partial charge in [-0.05, 0) is 6.42 Å². The fourth-order valence-electron chi connectivity index (χ4n) is 1.46. The monoisotopic (exact) mass is 238 g/mol. The molecular formula is C11H18N4O2. The van der Waals surface area contributed by atoms with E-state index < -0.39 is 0 Å². The predicted molar refractivity (Wildman–Crippen MR) is 65.6 cm³/mol. The molecule has 0 radical (unpaired) electrons. The molecule has 0 bridgehead atoms. The Bertz CT molecular complexity index is 382. The number of carbonyl (C=O) groups excluding carboxylic acids is 1. The molecule has 6 heteroatoms. The van der Waals surface area contributed by atoms with Crippen LogP contribution in [-0.4, -0.2) is 29.6 Å². The van der Waals surface area contributed by atoms with Crippen LogP contribution in [-0.2, 0) is 16.0 Å². The molecule has 0 unspecified atom stereocenters. The second-order valence-corrected chi connectivity index (χ2v) is 3.59. The fraction of sp³-hybridized carbons (Fsp3) is 0.545. The lowest BCUT2D eigenvalue weighted by atomic mass is 10.1. The quantitative estimate of drug-likeness (QED) is 0.718. The highest BCUT2D eigenvalue weighted by atomic mass is 16.5. The molecule has 1 aromatic heterocycles. The van der Waals surface area contributed by atoms with Crippen LogP contribution < -0.4 is 11.1 Å². The Kier molecular flexibility index (Phi) is 5.19. The molecule has 0 aliphatic heterocycles. The van der Waals surface area contributed by atoms with Crippen molar-refractivity contribution in [3.63, 3.8) is 0 Å². The smallest absolute Gasteiger partial charge is 0.307 e. The number of rotatable bonds is 6.